The molecule has 1 saturated heterocycles. The van der Waals surface area contributed by atoms with Crippen LogP contribution in [-0.2, 0) is 6.54 Å². The highest BCUT2D eigenvalue weighted by Crippen LogP contribution is 2.21. The van der Waals surface area contributed by atoms with E-state index in [1.54, 1.807) is 10.5 Å². The highest BCUT2D eigenvalue weighted by atomic mass is 35.5. The van der Waals surface area contributed by atoms with Gasteiger partial charge in [-0.05, 0) is 72.8 Å². The van der Waals surface area contributed by atoms with E-state index in [0.29, 0.717) is 22.9 Å². The van der Waals surface area contributed by atoms with E-state index in [1.807, 2.05) is 53.2 Å². The second-order valence-electron chi connectivity index (χ2n) is 10.2. The van der Waals surface area contributed by atoms with Crippen molar-refractivity contribution in [2.24, 2.45) is 0 Å². The average molecular weight is 621 g/mol. The molecule has 2 aromatic carbocycles. The van der Waals surface area contributed by atoms with Crippen LogP contribution >= 0.6 is 11.6 Å². The molecule has 0 atom stereocenters. The minimum atomic E-state index is -0.261. The van der Waals surface area contributed by atoms with Gasteiger partial charge in [0.1, 0.15) is 54.5 Å². The molecular weight excluding hydrogens is 591 g/mol. The van der Waals surface area contributed by atoms with Crippen LogP contribution < -0.4 is 40.2 Å². The van der Waals surface area contributed by atoms with Gasteiger partial charge in [0.2, 0.25) is 0 Å². The minimum absolute atomic E-state index is 0. The maximum atomic E-state index is 13.6. The highest BCUT2D eigenvalue weighted by Gasteiger charge is 2.31. The second-order valence-corrected chi connectivity index (χ2v) is 10.6. The van der Waals surface area contributed by atoms with Crippen LogP contribution in [0.5, 0.6) is 0 Å². The number of hydrogen-bond donors (Lipinski definition) is 2. The quantitative estimate of drug-likeness (QED) is 0.186. The molecule has 0 saturated carbocycles. The predicted octanol–water partition coefficient (Wildman–Crippen LogP) is -3.45. The third kappa shape index (κ3) is 6.42. The Morgan fingerprint density at radius 1 is 0.829 bits per heavy atom. The van der Waals surface area contributed by atoms with Gasteiger partial charge in [-0.2, -0.15) is 0 Å². The van der Waals surface area contributed by atoms with Gasteiger partial charge >= 0.3 is 0 Å². The van der Waals surface area contributed by atoms with Crippen LogP contribution in [0.15, 0.2) is 83.8 Å². The molecule has 41 heavy (non-hydrogen) atoms. The number of hydrogen-bond acceptors (Lipinski definition) is 2. The summed E-state index contributed by atoms with van der Waals surface area (Å²) in [6.07, 6.45) is 2.70. The largest absolute Gasteiger partial charge is 1.00 e. The first-order valence-electron chi connectivity index (χ1n) is 13.3. The van der Waals surface area contributed by atoms with Crippen molar-refractivity contribution in [3.8, 4) is 0 Å². The van der Waals surface area contributed by atoms with Gasteiger partial charge in [-0.1, -0.05) is 11.6 Å². The number of fused-ring (bicyclic) bond motifs is 3. The number of aryl methyl sites for hydroxylation is 1. The Labute approximate surface area is 254 Å². The number of nitrogens with zero attached hydrogens (tertiary/aromatic N) is 3. The number of aromatic nitrogens is 3. The number of quaternary nitrogens is 2. The van der Waals surface area contributed by atoms with Crippen molar-refractivity contribution in [3.63, 3.8) is 0 Å². The highest BCUT2D eigenvalue weighted by molar-refractivity contribution is 6.29. The number of nitrogens with one attached hydrogen (secondary N) is 2. The molecule has 216 valence electrons. The number of benzene rings is 2. The van der Waals surface area contributed by atoms with Gasteiger partial charge in [-0.15, -0.1) is 0 Å². The van der Waals surface area contributed by atoms with Gasteiger partial charge in [0.05, 0.1) is 12.1 Å². The summed E-state index contributed by atoms with van der Waals surface area (Å²) in [5.74, 6) is -0.523. The van der Waals surface area contributed by atoms with E-state index >= 15 is 0 Å². The SMILES string of the molecule is O=c1c2cccn2c2nc(Cl)ccc2n1CCC[NH+]1CC[NH+](C(c2ccc(F)cc2)c2ccc(F)cc2)CC1.[Cl-].[Cl-]. The van der Waals surface area contributed by atoms with Crippen molar-refractivity contribution in [2.75, 3.05) is 32.7 Å². The number of piperazine rings is 1. The van der Waals surface area contributed by atoms with Gasteiger partial charge in [0.15, 0.2) is 5.65 Å². The molecule has 1 aliphatic heterocycles. The van der Waals surface area contributed by atoms with Gasteiger partial charge in [0, 0.05) is 30.3 Å². The normalized spacial score (nSPS) is 17.0. The fourth-order valence-electron chi connectivity index (χ4n) is 5.94. The van der Waals surface area contributed by atoms with Gasteiger partial charge in [-0.3, -0.25) is 9.20 Å². The van der Waals surface area contributed by atoms with Crippen molar-refractivity contribution in [3.05, 3.63) is 117 Å². The van der Waals surface area contributed by atoms with Gasteiger partial charge < -0.3 is 39.2 Å². The maximum absolute atomic E-state index is 13.6. The van der Waals surface area contributed by atoms with Gasteiger partial charge in [0.25, 0.3) is 5.56 Å². The van der Waals surface area contributed by atoms with Crippen molar-refractivity contribution < 1.29 is 43.4 Å². The monoisotopic (exact) mass is 619 g/mol. The molecule has 0 radical (unpaired) electrons. The smallest absolute Gasteiger partial charge is 0.275 e. The molecule has 1 fully saturated rings. The number of rotatable bonds is 7. The predicted molar refractivity (Wildman–Crippen MR) is 147 cm³/mol. The molecule has 11 heteroatoms. The molecule has 0 amide bonds. The molecule has 1 aliphatic rings. The number of pyridine rings is 1. The van der Waals surface area contributed by atoms with E-state index in [4.69, 9.17) is 11.6 Å². The molecule has 5 aromatic rings. The Balaban J connectivity index is 0.00000194. The Kier molecular flexibility index (Phi) is 10.0. The zero-order chi connectivity index (χ0) is 26.9. The Morgan fingerprint density at radius 3 is 2.05 bits per heavy atom. The first-order valence-corrected chi connectivity index (χ1v) is 13.7. The third-order valence-corrected chi connectivity index (χ3v) is 8.09. The topological polar surface area (TPSA) is 48.2 Å². The lowest BCUT2D eigenvalue weighted by atomic mass is 9.96. The first-order chi connectivity index (χ1) is 19.0. The molecule has 6 rings (SSSR count). The molecule has 6 nitrogen and oxygen atoms in total. The summed E-state index contributed by atoms with van der Waals surface area (Å²) in [5, 5.41) is 0.395. The molecule has 0 unspecified atom stereocenters. The second kappa shape index (κ2) is 13.3. The van der Waals surface area contributed by atoms with Crippen LogP contribution in [0, 0.1) is 11.6 Å². The Hall–Kier alpha value is -3.01. The standard InChI is InChI=1S/C30H28ClF2N5O.2ClH/c31-27-13-12-25-29(34-27)37-15-1-3-26(37)30(39)38(25)16-2-14-35-17-19-36(20-18-35)28(21-4-8-23(32)9-5-21)22-6-10-24(33)11-7-22;;/h1,3-13,15,28H,2,14,16-20H2;2*1H. The zero-order valence-electron chi connectivity index (χ0n) is 22.2. The van der Waals surface area contributed by atoms with Crippen LogP contribution in [0.4, 0.5) is 8.78 Å². The molecule has 0 bridgehead atoms. The fourth-order valence-corrected chi connectivity index (χ4v) is 6.08. The summed E-state index contributed by atoms with van der Waals surface area (Å²) >= 11 is 6.16. The molecule has 2 N–H and O–H groups in total. The van der Waals surface area contributed by atoms with Crippen molar-refractivity contribution >= 4 is 28.3 Å². The van der Waals surface area contributed by atoms with E-state index in [0.717, 1.165) is 55.8 Å². The van der Waals surface area contributed by atoms with E-state index in [1.165, 1.54) is 34.1 Å². The average Bonchev–Trinajstić information content (AvgIpc) is 3.44. The maximum Gasteiger partial charge on any atom is 0.275 e. The van der Waals surface area contributed by atoms with Crippen LogP contribution in [0.1, 0.15) is 23.6 Å². The van der Waals surface area contributed by atoms with E-state index < -0.39 is 0 Å². The van der Waals surface area contributed by atoms with Crippen molar-refractivity contribution in [2.45, 2.75) is 19.0 Å². The first kappa shape index (κ1) is 30.9. The molecule has 4 heterocycles. The van der Waals surface area contributed by atoms with Crippen molar-refractivity contribution in [1.29, 1.82) is 0 Å². The van der Waals surface area contributed by atoms with Crippen LogP contribution in [0.2, 0.25) is 5.15 Å². The number of halogens is 5. The van der Waals surface area contributed by atoms with Crippen molar-refractivity contribution in [1.82, 2.24) is 14.0 Å². The Morgan fingerprint density at radius 2 is 1.44 bits per heavy atom. The summed E-state index contributed by atoms with van der Waals surface area (Å²) in [5.41, 5.74) is 4.08. The minimum Gasteiger partial charge on any atom is -1.00 e. The zero-order valence-corrected chi connectivity index (χ0v) is 24.4. The lowest BCUT2D eigenvalue weighted by Gasteiger charge is -2.35. The molecule has 0 aliphatic carbocycles. The Bertz CT molecular complexity index is 1620. The summed E-state index contributed by atoms with van der Waals surface area (Å²) in [4.78, 5) is 20.6. The third-order valence-electron chi connectivity index (χ3n) is 7.88. The molecular formula is C30H30Cl3F2N5O. The van der Waals surface area contributed by atoms with E-state index in [-0.39, 0.29) is 48.0 Å². The van der Waals surface area contributed by atoms with Crippen LogP contribution in [-0.4, -0.2) is 46.7 Å². The van der Waals surface area contributed by atoms with E-state index in [9.17, 15) is 13.6 Å². The summed E-state index contributed by atoms with van der Waals surface area (Å²) in [6.45, 7) is 5.41. The van der Waals surface area contributed by atoms with Gasteiger partial charge in [-0.25, -0.2) is 13.8 Å². The molecule has 3 aromatic heterocycles. The summed E-state index contributed by atoms with van der Waals surface area (Å²) < 4.78 is 30.9. The van der Waals surface area contributed by atoms with Crippen LogP contribution in [0.25, 0.3) is 16.7 Å². The summed E-state index contributed by atoms with van der Waals surface area (Å²) in [7, 11) is 0. The van der Waals surface area contributed by atoms with Crippen LogP contribution in [0.3, 0.4) is 0 Å². The summed E-state index contributed by atoms with van der Waals surface area (Å²) in [6, 6.07) is 20.6. The van der Waals surface area contributed by atoms with E-state index in [2.05, 4.69) is 4.98 Å². The fraction of sp³-hybridized carbons (Fsp3) is 0.267. The lowest BCUT2D eigenvalue weighted by molar-refractivity contribution is -1.02. The molecule has 0 spiro atoms. The lowest BCUT2D eigenvalue weighted by Crippen LogP contribution is -3.28.